The maximum atomic E-state index is 15.4. The predicted molar refractivity (Wildman–Crippen MR) is 167 cm³/mol. The summed E-state index contributed by atoms with van der Waals surface area (Å²) in [4.78, 5) is 0. The zero-order valence-corrected chi connectivity index (χ0v) is 25.0. The Hall–Kier alpha value is -2.03. The molecule has 1 rings (SSSR count). The molecule has 0 radical (unpaired) electrons. The van der Waals surface area contributed by atoms with Crippen LogP contribution >= 0.6 is 0 Å². The van der Waals surface area contributed by atoms with Crippen LogP contribution in [0.4, 0.5) is 4.39 Å². The summed E-state index contributed by atoms with van der Waals surface area (Å²) in [5.41, 5.74) is 4.06. The van der Waals surface area contributed by atoms with Crippen molar-refractivity contribution >= 4 is 18.6 Å². The SMILES string of the molecule is C=CC(=N)C(CC(CC)CCC(C)(CCC1=CC=C(C(F)(C=C)C(=C)C)C=BC1)C(C)CC)=C(C)CC. The second-order valence-corrected chi connectivity index (χ2v) is 11.5. The van der Waals surface area contributed by atoms with Gasteiger partial charge in [0, 0.05) is 0 Å². The van der Waals surface area contributed by atoms with E-state index in [1.54, 1.807) is 13.0 Å². The Morgan fingerprint density at radius 3 is 2.35 bits per heavy atom. The van der Waals surface area contributed by atoms with Crippen LogP contribution in [0.2, 0.25) is 6.32 Å². The van der Waals surface area contributed by atoms with E-state index in [2.05, 4.69) is 74.3 Å². The van der Waals surface area contributed by atoms with Crippen molar-refractivity contribution in [3.05, 3.63) is 71.9 Å². The Bertz CT molecular complexity index is 949. The molecule has 1 aliphatic heterocycles. The first kappa shape index (κ1) is 33.0. The second-order valence-electron chi connectivity index (χ2n) is 11.5. The van der Waals surface area contributed by atoms with E-state index in [0.717, 1.165) is 38.4 Å². The third kappa shape index (κ3) is 9.04. The molecule has 0 saturated heterocycles. The van der Waals surface area contributed by atoms with Gasteiger partial charge in [-0.3, -0.25) is 0 Å². The summed E-state index contributed by atoms with van der Waals surface area (Å²) < 4.78 is 15.4. The molecular formula is C34H53BFN. The Labute approximate surface area is 229 Å². The second kappa shape index (κ2) is 15.4. The number of nitrogens with one attached hydrogen (secondary N) is 1. The first-order chi connectivity index (χ1) is 17.4. The van der Waals surface area contributed by atoms with Gasteiger partial charge in [-0.15, -0.1) is 0 Å². The third-order valence-corrected chi connectivity index (χ3v) is 9.09. The van der Waals surface area contributed by atoms with Gasteiger partial charge in [0.05, 0.1) is 0 Å². The molecule has 0 bridgehead atoms. The fourth-order valence-corrected chi connectivity index (χ4v) is 5.32. The van der Waals surface area contributed by atoms with Gasteiger partial charge in [-0.1, -0.05) is 13.5 Å². The molecule has 1 nitrogen and oxygen atoms in total. The van der Waals surface area contributed by atoms with Crippen LogP contribution < -0.4 is 0 Å². The Balaban J connectivity index is 3.04. The van der Waals surface area contributed by atoms with Crippen molar-refractivity contribution in [1.29, 1.82) is 5.41 Å². The summed E-state index contributed by atoms with van der Waals surface area (Å²) in [6.45, 7) is 29.0. The van der Waals surface area contributed by atoms with Gasteiger partial charge in [0.25, 0.3) is 0 Å². The van der Waals surface area contributed by atoms with E-state index in [4.69, 9.17) is 5.41 Å². The van der Waals surface area contributed by atoms with Gasteiger partial charge < -0.3 is 0 Å². The number of alkyl halides is 1. The molecule has 4 unspecified atom stereocenters. The van der Waals surface area contributed by atoms with Crippen molar-refractivity contribution in [2.24, 2.45) is 17.3 Å². The van der Waals surface area contributed by atoms with E-state index >= 15 is 4.39 Å². The Kier molecular flexibility index (Phi) is 13.7. The number of allylic oxidation sites excluding steroid dienone is 9. The number of rotatable bonds is 17. The summed E-state index contributed by atoms with van der Waals surface area (Å²) in [5, 5.41) is 8.41. The van der Waals surface area contributed by atoms with Crippen LogP contribution in [-0.4, -0.2) is 24.3 Å². The summed E-state index contributed by atoms with van der Waals surface area (Å²) in [5.74, 6) is 3.09. The Morgan fingerprint density at radius 2 is 1.84 bits per heavy atom. The van der Waals surface area contributed by atoms with Gasteiger partial charge in [-0.05, 0) is 0 Å². The van der Waals surface area contributed by atoms with Crippen molar-refractivity contribution in [3.63, 3.8) is 0 Å². The van der Waals surface area contributed by atoms with Gasteiger partial charge in [0.15, 0.2) is 0 Å². The van der Waals surface area contributed by atoms with E-state index in [1.807, 2.05) is 12.0 Å². The van der Waals surface area contributed by atoms with E-state index in [1.165, 1.54) is 42.1 Å². The van der Waals surface area contributed by atoms with Gasteiger partial charge in [0.1, 0.15) is 0 Å². The maximum absolute atomic E-state index is 15.4. The standard InChI is InChI=1S/C34H53BFN/c1-11-26(8)31(32(37)14-4)22-28(13-3)18-20-33(10,27(9)12-2)21-19-29-16-17-30(24-35-23-29)34(36,15-5)25(6)7/h14-17,24,27-28,37H,4-6,11-13,18-23H2,1-3,7-10H3. The minimum absolute atomic E-state index is 0.240. The molecule has 0 aromatic carbocycles. The monoisotopic (exact) mass is 505 g/mol. The van der Waals surface area contributed by atoms with E-state index in [9.17, 15) is 0 Å². The summed E-state index contributed by atoms with van der Waals surface area (Å²) in [6, 6.07) is 0. The van der Waals surface area contributed by atoms with Crippen molar-refractivity contribution in [1.82, 2.24) is 0 Å². The molecule has 37 heavy (non-hydrogen) atoms. The fourth-order valence-electron chi connectivity index (χ4n) is 5.32. The molecular weight excluding hydrogens is 452 g/mol. The average Bonchev–Trinajstić information content (AvgIpc) is 3.16. The molecule has 0 aromatic rings. The molecule has 0 spiro atoms. The van der Waals surface area contributed by atoms with Gasteiger partial charge >= 0.3 is 216 Å². The van der Waals surface area contributed by atoms with Crippen LogP contribution in [0, 0.1) is 22.7 Å². The molecule has 0 aromatic heterocycles. The van der Waals surface area contributed by atoms with Crippen molar-refractivity contribution in [2.75, 3.05) is 0 Å². The number of hydrogen-bond donors (Lipinski definition) is 1. The summed E-state index contributed by atoms with van der Waals surface area (Å²) >= 11 is 0. The van der Waals surface area contributed by atoms with Crippen molar-refractivity contribution in [3.8, 4) is 0 Å². The predicted octanol–water partition coefficient (Wildman–Crippen LogP) is 10.2. The molecule has 1 aliphatic rings. The zero-order valence-electron chi connectivity index (χ0n) is 25.0. The molecule has 4 atom stereocenters. The molecule has 3 heteroatoms. The summed E-state index contributed by atoms with van der Waals surface area (Å²) in [7, 11) is 0. The average molecular weight is 506 g/mol. The zero-order chi connectivity index (χ0) is 28.2. The fraction of sp³-hybridized carbons (Fsp3) is 0.588. The number of hydrogen-bond acceptors (Lipinski definition) is 1. The van der Waals surface area contributed by atoms with Crippen molar-refractivity contribution in [2.45, 2.75) is 112 Å². The third-order valence-electron chi connectivity index (χ3n) is 9.09. The summed E-state index contributed by atoms with van der Waals surface area (Å²) in [6.07, 6.45) is 16.7. The van der Waals surface area contributed by atoms with Gasteiger partial charge in [0.2, 0.25) is 0 Å². The van der Waals surface area contributed by atoms with E-state index in [0.29, 0.717) is 28.7 Å². The molecule has 0 fully saturated rings. The first-order valence-corrected chi connectivity index (χ1v) is 14.4. The van der Waals surface area contributed by atoms with Crippen LogP contribution in [0.5, 0.6) is 0 Å². The smallest absolute Gasteiger partial charge is 0.0616 e. The van der Waals surface area contributed by atoms with Crippen LogP contribution in [0.3, 0.4) is 0 Å². The van der Waals surface area contributed by atoms with Crippen LogP contribution in [0.25, 0.3) is 0 Å². The van der Waals surface area contributed by atoms with E-state index < -0.39 is 5.67 Å². The van der Waals surface area contributed by atoms with Gasteiger partial charge in [-0.25, -0.2) is 0 Å². The molecule has 1 heterocycles. The quantitative estimate of drug-likeness (QED) is 0.115. The van der Waals surface area contributed by atoms with Crippen LogP contribution in [0.1, 0.15) is 99.8 Å². The normalized spacial score (nSPS) is 19.0. The molecule has 204 valence electrons. The minimum atomic E-state index is -1.69. The topological polar surface area (TPSA) is 23.9 Å². The van der Waals surface area contributed by atoms with E-state index in [-0.39, 0.29) is 5.41 Å². The van der Waals surface area contributed by atoms with Crippen LogP contribution in [-0.2, 0) is 0 Å². The molecule has 0 aliphatic carbocycles. The molecule has 0 amide bonds. The van der Waals surface area contributed by atoms with Gasteiger partial charge in [-0.2, -0.15) is 0 Å². The first-order valence-electron chi connectivity index (χ1n) is 14.4. The van der Waals surface area contributed by atoms with Crippen molar-refractivity contribution < 1.29 is 4.39 Å². The molecule has 0 saturated carbocycles. The van der Waals surface area contributed by atoms with Crippen LogP contribution in [0.15, 0.2) is 71.9 Å². The minimum Gasteiger partial charge on any atom is -0.0616 e. The number of halogens is 1. The Morgan fingerprint density at radius 1 is 1.16 bits per heavy atom. The molecule has 1 N–H and O–H groups in total.